The third kappa shape index (κ3) is 2.75. The minimum Gasteiger partial charge on any atom is -0.508 e. The predicted octanol–water partition coefficient (Wildman–Crippen LogP) is 1.44. The molecule has 0 spiro atoms. The molecule has 0 aliphatic rings. The lowest BCUT2D eigenvalue weighted by molar-refractivity contribution is -0.0432. The van der Waals surface area contributed by atoms with E-state index in [1.165, 1.54) is 22.7 Å². The maximum absolute atomic E-state index is 12.5. The predicted molar refractivity (Wildman–Crippen MR) is 84.8 cm³/mol. The number of hydrogen-bond donors (Lipinski definition) is 4. The van der Waals surface area contributed by atoms with E-state index in [1.54, 1.807) is 31.2 Å². The van der Waals surface area contributed by atoms with Gasteiger partial charge in [0.1, 0.15) is 22.8 Å². The maximum Gasteiger partial charge on any atom is 0.268 e. The van der Waals surface area contributed by atoms with Gasteiger partial charge in [0.25, 0.3) is 5.56 Å². The lowest BCUT2D eigenvalue weighted by Gasteiger charge is -2.14. The fourth-order valence-corrected chi connectivity index (χ4v) is 2.36. The fourth-order valence-electron chi connectivity index (χ4n) is 2.36. The van der Waals surface area contributed by atoms with Gasteiger partial charge in [-0.15, -0.1) is 0 Å². The Hall–Kier alpha value is -2.90. The van der Waals surface area contributed by atoms with Crippen molar-refractivity contribution in [2.75, 3.05) is 5.32 Å². The van der Waals surface area contributed by atoms with Gasteiger partial charge in [0, 0.05) is 18.0 Å². The first-order valence-corrected chi connectivity index (χ1v) is 6.91. The molecule has 23 heavy (non-hydrogen) atoms. The number of aromatic hydroxyl groups is 1. The second-order valence-electron chi connectivity index (χ2n) is 5.11. The smallest absolute Gasteiger partial charge is 0.268 e. The average Bonchev–Trinajstić information content (AvgIpc) is 2.48. The molecule has 1 aromatic carbocycles. The molecule has 2 aromatic heterocycles. The van der Waals surface area contributed by atoms with Crippen LogP contribution in [0.3, 0.4) is 0 Å². The molecular weight excluding hydrogens is 298 g/mol. The first kappa shape index (κ1) is 15.0. The highest BCUT2D eigenvalue weighted by molar-refractivity contribution is 5.64. The van der Waals surface area contributed by atoms with Crippen LogP contribution in [0, 0.1) is 6.92 Å². The zero-order chi connectivity index (χ0) is 16.6. The minimum absolute atomic E-state index is 0.0323. The van der Waals surface area contributed by atoms with Crippen LogP contribution in [0.1, 0.15) is 17.4 Å². The number of aromatic nitrogens is 2. The van der Waals surface area contributed by atoms with Crippen LogP contribution < -0.4 is 10.9 Å². The Balaban J connectivity index is 2.24. The summed E-state index contributed by atoms with van der Waals surface area (Å²) in [4.78, 5) is 16.8. The van der Waals surface area contributed by atoms with E-state index in [0.29, 0.717) is 11.3 Å². The number of rotatable bonds is 3. The average molecular weight is 313 g/mol. The number of phenolic OH excluding ortho intramolecular Hbond substituents is 1. The van der Waals surface area contributed by atoms with E-state index in [4.69, 9.17) is 0 Å². The van der Waals surface area contributed by atoms with Crippen LogP contribution in [-0.4, -0.2) is 24.7 Å². The van der Waals surface area contributed by atoms with Crippen LogP contribution in [0.5, 0.6) is 5.75 Å². The van der Waals surface area contributed by atoms with Gasteiger partial charge in [-0.3, -0.25) is 9.20 Å². The zero-order valence-electron chi connectivity index (χ0n) is 12.3. The summed E-state index contributed by atoms with van der Waals surface area (Å²) in [7, 11) is 0. The van der Waals surface area contributed by atoms with Gasteiger partial charge in [-0.1, -0.05) is 12.1 Å². The Morgan fingerprint density at radius 1 is 1.22 bits per heavy atom. The molecule has 3 rings (SSSR count). The Morgan fingerprint density at radius 2 is 2.00 bits per heavy atom. The van der Waals surface area contributed by atoms with E-state index in [1.807, 2.05) is 0 Å². The Bertz CT molecular complexity index is 934. The maximum atomic E-state index is 12.5. The van der Waals surface area contributed by atoms with E-state index >= 15 is 0 Å². The summed E-state index contributed by atoms with van der Waals surface area (Å²) in [6.45, 7) is 1.80. The van der Waals surface area contributed by atoms with Gasteiger partial charge in [0.05, 0.1) is 0 Å². The van der Waals surface area contributed by atoms with Gasteiger partial charge in [-0.2, -0.15) is 0 Å². The molecule has 2 heterocycles. The van der Waals surface area contributed by atoms with Crippen molar-refractivity contribution in [3.8, 4) is 5.75 Å². The number of anilines is 2. The molecule has 0 bridgehead atoms. The van der Waals surface area contributed by atoms with Crippen LogP contribution >= 0.6 is 0 Å². The normalized spacial score (nSPS) is 11.1. The van der Waals surface area contributed by atoms with Gasteiger partial charge in [-0.05, 0) is 30.7 Å². The SMILES string of the molecule is Cc1cccn2c(=O)c(C(O)O)c(Nc3cccc(O)c3)nc12. The Morgan fingerprint density at radius 3 is 2.70 bits per heavy atom. The van der Waals surface area contributed by atoms with Gasteiger partial charge in [0.2, 0.25) is 0 Å². The van der Waals surface area contributed by atoms with Gasteiger partial charge in [-0.25, -0.2) is 4.98 Å². The van der Waals surface area contributed by atoms with Crippen LogP contribution in [0.2, 0.25) is 0 Å². The van der Waals surface area contributed by atoms with Crippen molar-refractivity contribution in [1.29, 1.82) is 0 Å². The van der Waals surface area contributed by atoms with Crippen LogP contribution in [0.15, 0.2) is 47.4 Å². The lowest BCUT2D eigenvalue weighted by Crippen LogP contribution is -2.24. The molecule has 0 saturated carbocycles. The largest absolute Gasteiger partial charge is 0.508 e. The number of nitrogens with zero attached hydrogens (tertiary/aromatic N) is 2. The summed E-state index contributed by atoms with van der Waals surface area (Å²) in [6, 6.07) is 9.70. The number of fused-ring (bicyclic) bond motifs is 1. The molecule has 7 nitrogen and oxygen atoms in total. The summed E-state index contributed by atoms with van der Waals surface area (Å²) < 4.78 is 1.26. The molecule has 0 radical (unpaired) electrons. The molecule has 0 aliphatic carbocycles. The number of benzene rings is 1. The lowest BCUT2D eigenvalue weighted by atomic mass is 10.2. The fraction of sp³-hybridized carbons (Fsp3) is 0.125. The molecule has 0 atom stereocenters. The van der Waals surface area contributed by atoms with Gasteiger partial charge < -0.3 is 20.6 Å². The third-order valence-electron chi connectivity index (χ3n) is 3.45. The summed E-state index contributed by atoms with van der Waals surface area (Å²) >= 11 is 0. The molecule has 4 N–H and O–H groups in total. The van der Waals surface area contributed by atoms with Crippen LogP contribution in [0.4, 0.5) is 11.5 Å². The first-order chi connectivity index (χ1) is 11.0. The van der Waals surface area contributed by atoms with Crippen molar-refractivity contribution in [2.24, 2.45) is 0 Å². The molecule has 0 saturated heterocycles. The number of nitrogens with one attached hydrogen (secondary N) is 1. The molecule has 7 heteroatoms. The summed E-state index contributed by atoms with van der Waals surface area (Å²) in [5.41, 5.74) is 0.802. The molecule has 0 fully saturated rings. The topological polar surface area (TPSA) is 107 Å². The standard InChI is InChI=1S/C16H15N3O4/c1-9-4-3-7-19-14(9)18-13(12(15(19)21)16(22)23)17-10-5-2-6-11(20)8-10/h2-8,16-17,20,22-23H,1H3. The number of aryl methyl sites for hydroxylation is 1. The van der Waals surface area contributed by atoms with Crippen LogP contribution in [0.25, 0.3) is 5.65 Å². The van der Waals surface area contributed by atoms with E-state index in [9.17, 15) is 20.1 Å². The van der Waals surface area contributed by atoms with Crippen molar-refractivity contribution >= 4 is 17.2 Å². The van der Waals surface area contributed by atoms with E-state index < -0.39 is 11.8 Å². The van der Waals surface area contributed by atoms with Crippen molar-refractivity contribution in [1.82, 2.24) is 9.38 Å². The summed E-state index contributed by atoms with van der Waals surface area (Å²) in [5.74, 6) is 0.0692. The summed E-state index contributed by atoms with van der Waals surface area (Å²) in [5, 5.41) is 31.5. The highest BCUT2D eigenvalue weighted by Crippen LogP contribution is 2.24. The van der Waals surface area contributed by atoms with Crippen molar-refractivity contribution in [3.05, 3.63) is 64.1 Å². The van der Waals surface area contributed by atoms with E-state index in [-0.39, 0.29) is 17.1 Å². The molecule has 118 valence electrons. The quantitative estimate of drug-likeness (QED) is 0.545. The van der Waals surface area contributed by atoms with Crippen molar-refractivity contribution in [2.45, 2.75) is 13.2 Å². The first-order valence-electron chi connectivity index (χ1n) is 6.91. The van der Waals surface area contributed by atoms with Gasteiger partial charge >= 0.3 is 0 Å². The summed E-state index contributed by atoms with van der Waals surface area (Å²) in [6.07, 6.45) is -0.464. The highest BCUT2D eigenvalue weighted by Gasteiger charge is 2.19. The molecule has 0 amide bonds. The number of aliphatic hydroxyl groups excluding tert-OH is 1. The second kappa shape index (κ2) is 5.71. The van der Waals surface area contributed by atoms with Gasteiger partial charge in [0.15, 0.2) is 6.29 Å². The number of hydrogen-bond acceptors (Lipinski definition) is 6. The van der Waals surface area contributed by atoms with E-state index in [2.05, 4.69) is 10.3 Å². The minimum atomic E-state index is -1.98. The monoisotopic (exact) mass is 313 g/mol. The van der Waals surface area contributed by atoms with E-state index in [0.717, 1.165) is 5.56 Å². The third-order valence-corrected chi connectivity index (χ3v) is 3.45. The number of phenols is 1. The highest BCUT2D eigenvalue weighted by atomic mass is 16.5. The zero-order valence-corrected chi connectivity index (χ0v) is 12.3. The van der Waals surface area contributed by atoms with Crippen molar-refractivity contribution in [3.63, 3.8) is 0 Å². The Kier molecular flexibility index (Phi) is 3.73. The number of pyridine rings is 1. The second-order valence-corrected chi connectivity index (χ2v) is 5.11. The van der Waals surface area contributed by atoms with Crippen molar-refractivity contribution < 1.29 is 15.3 Å². The molecule has 3 aromatic rings. The molecule has 0 aliphatic heterocycles. The molecular formula is C16H15N3O4. The molecule has 0 unspecified atom stereocenters. The Labute approximate surface area is 131 Å². The number of aliphatic hydroxyl groups is 2. The van der Waals surface area contributed by atoms with Crippen LogP contribution in [-0.2, 0) is 0 Å².